The van der Waals surface area contributed by atoms with E-state index in [1.54, 1.807) is 55.6 Å². The van der Waals surface area contributed by atoms with E-state index in [-0.39, 0.29) is 17.9 Å². The van der Waals surface area contributed by atoms with Crippen LogP contribution in [0, 0.1) is 5.92 Å². The van der Waals surface area contributed by atoms with E-state index >= 15 is 0 Å². The molecule has 3 aromatic rings. The summed E-state index contributed by atoms with van der Waals surface area (Å²) in [5, 5.41) is 3.63. The molecule has 0 saturated carbocycles. The molecule has 3 unspecified atom stereocenters. The second-order valence-corrected chi connectivity index (χ2v) is 11.4. The summed E-state index contributed by atoms with van der Waals surface area (Å²) in [6.07, 6.45) is -0.0682. The Balaban J connectivity index is 1.75. The van der Waals surface area contributed by atoms with Gasteiger partial charge in [-0.15, -0.1) is 0 Å². The number of esters is 1. The molecule has 8 nitrogen and oxygen atoms in total. The summed E-state index contributed by atoms with van der Waals surface area (Å²) in [6, 6.07) is 17.1. The van der Waals surface area contributed by atoms with Crippen molar-refractivity contribution in [2.45, 2.75) is 29.9 Å². The van der Waals surface area contributed by atoms with E-state index in [9.17, 15) is 18.0 Å². The molecule has 3 aromatic carbocycles. The van der Waals surface area contributed by atoms with Gasteiger partial charge in [0, 0.05) is 16.6 Å². The number of ether oxygens (including phenoxy) is 2. The Hall–Kier alpha value is -3.11. The van der Waals surface area contributed by atoms with Crippen molar-refractivity contribution in [3.8, 4) is 5.75 Å². The predicted molar refractivity (Wildman–Crippen MR) is 143 cm³/mol. The maximum absolute atomic E-state index is 14.0. The first-order valence-electron chi connectivity index (χ1n) is 11.7. The van der Waals surface area contributed by atoms with E-state index in [0.717, 1.165) is 9.87 Å². The van der Waals surface area contributed by atoms with Crippen LogP contribution in [0.5, 0.6) is 5.75 Å². The average Bonchev–Trinajstić information content (AvgIpc) is 3.34. The Morgan fingerprint density at radius 2 is 1.50 bits per heavy atom. The number of sulfonamides is 1. The van der Waals surface area contributed by atoms with Crippen LogP contribution in [0.25, 0.3) is 0 Å². The van der Waals surface area contributed by atoms with E-state index < -0.39 is 39.9 Å². The van der Waals surface area contributed by atoms with Gasteiger partial charge >= 0.3 is 5.97 Å². The van der Waals surface area contributed by atoms with Crippen LogP contribution >= 0.6 is 23.2 Å². The van der Waals surface area contributed by atoms with E-state index in [1.165, 1.54) is 31.4 Å². The lowest BCUT2D eigenvalue weighted by Crippen LogP contribution is -2.46. The lowest BCUT2D eigenvalue weighted by molar-refractivity contribution is -0.146. The second-order valence-electron chi connectivity index (χ2n) is 8.73. The minimum absolute atomic E-state index is 0.0562. The lowest BCUT2D eigenvalue weighted by atomic mass is 9.93. The van der Waals surface area contributed by atoms with Gasteiger partial charge in [-0.3, -0.25) is 9.59 Å². The summed E-state index contributed by atoms with van der Waals surface area (Å²) in [6.45, 7) is 0.155. The lowest BCUT2D eigenvalue weighted by Gasteiger charge is -2.30. The molecule has 200 valence electrons. The predicted octanol–water partition coefficient (Wildman–Crippen LogP) is 4.61. The zero-order valence-corrected chi connectivity index (χ0v) is 23.0. The standard InChI is InChI=1S/C27H26Cl2N2O6S/c1-36-21-11-3-17(4-12-21)16-30-26(32)24-15-23(27(33)37-2)25(18-5-7-19(28)8-6-18)31(24)38(34,35)22-13-9-20(29)10-14-22/h3-14,23-25H,15-16H2,1-2H3,(H,30,32). The monoisotopic (exact) mass is 576 g/mol. The summed E-state index contributed by atoms with van der Waals surface area (Å²) in [4.78, 5) is 26.4. The molecule has 1 fully saturated rings. The van der Waals surface area contributed by atoms with Crippen LogP contribution in [0.3, 0.4) is 0 Å². The fraction of sp³-hybridized carbons (Fsp3) is 0.259. The van der Waals surface area contributed by atoms with Gasteiger partial charge in [-0.2, -0.15) is 4.31 Å². The van der Waals surface area contributed by atoms with Gasteiger partial charge in [0.05, 0.1) is 31.1 Å². The number of amides is 1. The minimum atomic E-state index is -4.27. The summed E-state index contributed by atoms with van der Waals surface area (Å²) in [5.41, 5.74) is 1.30. The molecule has 1 aliphatic rings. The first-order valence-corrected chi connectivity index (χ1v) is 13.9. The van der Waals surface area contributed by atoms with Crippen LogP contribution in [0.15, 0.2) is 77.7 Å². The van der Waals surface area contributed by atoms with Crippen molar-refractivity contribution < 1.29 is 27.5 Å². The van der Waals surface area contributed by atoms with E-state index in [4.69, 9.17) is 32.7 Å². The third-order valence-electron chi connectivity index (χ3n) is 6.47. The molecule has 0 spiro atoms. The van der Waals surface area contributed by atoms with Crippen molar-refractivity contribution in [2.75, 3.05) is 14.2 Å². The van der Waals surface area contributed by atoms with Gasteiger partial charge in [0.15, 0.2) is 0 Å². The van der Waals surface area contributed by atoms with Crippen LogP contribution in [-0.2, 0) is 30.9 Å². The fourth-order valence-corrected chi connectivity index (χ4v) is 6.64. The Morgan fingerprint density at radius 3 is 2.05 bits per heavy atom. The van der Waals surface area contributed by atoms with Gasteiger partial charge in [-0.1, -0.05) is 47.5 Å². The molecule has 1 amide bonds. The van der Waals surface area contributed by atoms with Crippen LogP contribution in [0.1, 0.15) is 23.6 Å². The van der Waals surface area contributed by atoms with Crippen LogP contribution < -0.4 is 10.1 Å². The van der Waals surface area contributed by atoms with E-state index in [1.807, 2.05) is 0 Å². The number of nitrogens with one attached hydrogen (secondary N) is 1. The van der Waals surface area contributed by atoms with Crippen molar-refractivity contribution >= 4 is 45.1 Å². The van der Waals surface area contributed by atoms with Gasteiger partial charge in [-0.05, 0) is 66.1 Å². The molecule has 1 heterocycles. The molecule has 4 rings (SSSR count). The summed E-state index contributed by atoms with van der Waals surface area (Å²) in [7, 11) is -1.48. The summed E-state index contributed by atoms with van der Waals surface area (Å²) >= 11 is 12.1. The highest BCUT2D eigenvalue weighted by Crippen LogP contribution is 2.45. The molecule has 11 heteroatoms. The highest BCUT2D eigenvalue weighted by molar-refractivity contribution is 7.89. The first-order chi connectivity index (χ1) is 18.1. The molecular weight excluding hydrogens is 551 g/mol. The van der Waals surface area contributed by atoms with Gasteiger partial charge in [0.2, 0.25) is 15.9 Å². The van der Waals surface area contributed by atoms with E-state index in [0.29, 0.717) is 21.4 Å². The molecule has 0 aliphatic carbocycles. The summed E-state index contributed by atoms with van der Waals surface area (Å²) in [5.74, 6) is -1.42. The molecule has 1 aliphatic heterocycles. The maximum Gasteiger partial charge on any atom is 0.310 e. The quantitative estimate of drug-likeness (QED) is 0.393. The minimum Gasteiger partial charge on any atom is -0.497 e. The number of carbonyl (C=O) groups is 2. The van der Waals surface area contributed by atoms with Crippen molar-refractivity contribution in [2.24, 2.45) is 5.92 Å². The van der Waals surface area contributed by atoms with Gasteiger partial charge in [-0.25, -0.2) is 8.42 Å². The third-order valence-corrected chi connectivity index (χ3v) is 8.88. The molecule has 3 atom stereocenters. The number of carbonyl (C=O) groups excluding carboxylic acids is 2. The molecule has 38 heavy (non-hydrogen) atoms. The maximum atomic E-state index is 14.0. The largest absolute Gasteiger partial charge is 0.497 e. The van der Waals surface area contributed by atoms with Crippen LogP contribution in [-0.4, -0.2) is 44.9 Å². The number of benzene rings is 3. The number of methoxy groups -OCH3 is 2. The smallest absolute Gasteiger partial charge is 0.310 e. The third kappa shape index (κ3) is 5.81. The molecule has 0 bridgehead atoms. The fourth-order valence-electron chi connectivity index (χ4n) is 4.58. The Labute approximate surface area is 231 Å². The molecular formula is C27H26Cl2N2O6S. The SMILES string of the molecule is COC(=O)C1CC(C(=O)NCc2ccc(OC)cc2)N(S(=O)(=O)c2ccc(Cl)cc2)C1c1ccc(Cl)cc1. The zero-order valence-electron chi connectivity index (χ0n) is 20.6. The Kier molecular flexibility index (Phi) is 8.62. The molecule has 1 N–H and O–H groups in total. The topological polar surface area (TPSA) is 102 Å². The molecule has 1 saturated heterocycles. The van der Waals surface area contributed by atoms with Gasteiger partial charge in [0.25, 0.3) is 0 Å². The number of rotatable bonds is 8. The summed E-state index contributed by atoms with van der Waals surface area (Å²) < 4.78 is 39.3. The van der Waals surface area contributed by atoms with Crippen molar-refractivity contribution in [1.82, 2.24) is 9.62 Å². The number of halogens is 2. The Bertz CT molecular complexity index is 1400. The Morgan fingerprint density at radius 1 is 0.921 bits per heavy atom. The first kappa shape index (κ1) is 27.9. The normalized spacial score (nSPS) is 19.6. The van der Waals surface area contributed by atoms with E-state index in [2.05, 4.69) is 5.32 Å². The van der Waals surface area contributed by atoms with Crippen molar-refractivity contribution in [3.05, 3.63) is 94.0 Å². The highest BCUT2D eigenvalue weighted by atomic mass is 35.5. The molecule has 0 aromatic heterocycles. The second kappa shape index (κ2) is 11.7. The van der Waals surface area contributed by atoms with Crippen LogP contribution in [0.4, 0.5) is 0 Å². The zero-order chi connectivity index (χ0) is 27.4. The van der Waals surface area contributed by atoms with Crippen molar-refractivity contribution in [3.63, 3.8) is 0 Å². The highest BCUT2D eigenvalue weighted by Gasteiger charge is 2.54. The van der Waals surface area contributed by atoms with Gasteiger partial charge < -0.3 is 14.8 Å². The number of hydrogen-bond donors (Lipinski definition) is 1. The van der Waals surface area contributed by atoms with Gasteiger partial charge in [0.1, 0.15) is 11.8 Å². The van der Waals surface area contributed by atoms with Crippen molar-refractivity contribution in [1.29, 1.82) is 0 Å². The van der Waals surface area contributed by atoms with Crippen LogP contribution in [0.2, 0.25) is 10.0 Å². The number of hydrogen-bond acceptors (Lipinski definition) is 6. The average molecular weight is 577 g/mol. The number of nitrogens with zero attached hydrogens (tertiary/aromatic N) is 1. The molecule has 0 radical (unpaired) electrons.